The number of H-pyrrole nitrogens is 2. The first-order valence-corrected chi connectivity index (χ1v) is 7.36. The van der Waals surface area contributed by atoms with E-state index in [0.717, 1.165) is 36.6 Å². The van der Waals surface area contributed by atoms with Gasteiger partial charge in [0.25, 0.3) is 0 Å². The van der Waals surface area contributed by atoms with Crippen LogP contribution in [0.5, 0.6) is 0 Å². The fraction of sp³-hybridized carbons (Fsp3) is 0.312. The van der Waals surface area contributed by atoms with Gasteiger partial charge in [-0.25, -0.2) is 8.78 Å². The van der Waals surface area contributed by atoms with Crippen LogP contribution in [0.25, 0.3) is 5.57 Å². The van der Waals surface area contributed by atoms with Crippen LogP contribution in [0.3, 0.4) is 0 Å². The average molecular weight is 306 g/mol. The Morgan fingerprint density at radius 2 is 1.95 bits per heavy atom. The summed E-state index contributed by atoms with van der Waals surface area (Å²) in [6, 6.07) is 3.74. The van der Waals surface area contributed by atoms with E-state index in [0.29, 0.717) is 10.3 Å². The molecular weight excluding hydrogens is 290 g/mol. The summed E-state index contributed by atoms with van der Waals surface area (Å²) in [7, 11) is 0. The molecule has 0 amide bonds. The monoisotopic (exact) mass is 306 g/mol. The second-order valence-electron chi connectivity index (χ2n) is 5.56. The Morgan fingerprint density at radius 1 is 1.24 bits per heavy atom. The zero-order valence-corrected chi connectivity index (χ0v) is 12.5. The molecule has 2 nitrogen and oxygen atoms in total. The maximum absolute atomic E-state index is 13.5. The summed E-state index contributed by atoms with van der Waals surface area (Å²) in [4.78, 5) is 6.05. The number of allylic oxidation sites excluding steroid dienone is 2. The second kappa shape index (κ2) is 5.56. The quantitative estimate of drug-likeness (QED) is 0.786. The summed E-state index contributed by atoms with van der Waals surface area (Å²) in [6.45, 7) is 2.04. The Kier molecular flexibility index (Phi) is 3.76. The van der Waals surface area contributed by atoms with Gasteiger partial charge in [-0.1, -0.05) is 5.57 Å². The highest BCUT2D eigenvalue weighted by atomic mass is 32.1. The zero-order valence-electron chi connectivity index (χ0n) is 11.7. The minimum atomic E-state index is -0.531. The first kappa shape index (κ1) is 14.2. The van der Waals surface area contributed by atoms with Crippen molar-refractivity contribution in [3.05, 3.63) is 57.6 Å². The van der Waals surface area contributed by atoms with Gasteiger partial charge in [0.05, 0.1) is 0 Å². The van der Waals surface area contributed by atoms with Crippen molar-refractivity contribution < 1.29 is 8.78 Å². The molecule has 1 aromatic heterocycles. The maximum Gasteiger partial charge on any atom is 0.174 e. The predicted octanol–water partition coefficient (Wildman–Crippen LogP) is 4.78. The van der Waals surface area contributed by atoms with Crippen molar-refractivity contribution >= 4 is 17.8 Å². The highest BCUT2D eigenvalue weighted by Gasteiger charge is 2.25. The zero-order chi connectivity index (χ0) is 15.0. The number of imidazole rings is 1. The first-order valence-electron chi connectivity index (χ1n) is 6.95. The van der Waals surface area contributed by atoms with Crippen LogP contribution in [-0.2, 0) is 6.42 Å². The summed E-state index contributed by atoms with van der Waals surface area (Å²) in [5.41, 5.74) is 3.95. The van der Waals surface area contributed by atoms with E-state index in [1.807, 2.05) is 13.1 Å². The van der Waals surface area contributed by atoms with E-state index in [4.69, 9.17) is 12.2 Å². The van der Waals surface area contributed by atoms with Crippen LogP contribution in [0.15, 0.2) is 30.0 Å². The fourth-order valence-electron chi connectivity index (χ4n) is 3.16. The van der Waals surface area contributed by atoms with E-state index < -0.39 is 11.6 Å². The minimum Gasteiger partial charge on any atom is -0.337 e. The van der Waals surface area contributed by atoms with Crippen LogP contribution in [-0.4, -0.2) is 9.97 Å². The highest BCUT2D eigenvalue weighted by Crippen LogP contribution is 2.40. The van der Waals surface area contributed by atoms with Gasteiger partial charge >= 0.3 is 0 Å². The molecule has 1 aliphatic carbocycles. The van der Waals surface area contributed by atoms with Gasteiger partial charge in [0.2, 0.25) is 0 Å². The van der Waals surface area contributed by atoms with Crippen LogP contribution in [0.4, 0.5) is 8.78 Å². The number of aromatic nitrogens is 2. The second-order valence-corrected chi connectivity index (χ2v) is 5.97. The van der Waals surface area contributed by atoms with Gasteiger partial charge in [0.15, 0.2) is 4.77 Å². The number of hydrogen-bond donors (Lipinski definition) is 2. The van der Waals surface area contributed by atoms with Crippen LogP contribution >= 0.6 is 12.2 Å². The number of rotatable bonds is 3. The minimum absolute atomic E-state index is 0.257. The molecule has 0 bridgehead atoms. The lowest BCUT2D eigenvalue weighted by molar-refractivity contribution is 0.580. The van der Waals surface area contributed by atoms with E-state index in [1.165, 1.54) is 17.7 Å². The van der Waals surface area contributed by atoms with E-state index in [9.17, 15) is 8.78 Å². The van der Waals surface area contributed by atoms with E-state index in [2.05, 4.69) is 9.97 Å². The number of aromatic amines is 2. The van der Waals surface area contributed by atoms with Crippen LogP contribution in [0.1, 0.15) is 31.0 Å². The molecule has 2 N–H and O–H groups in total. The maximum atomic E-state index is 13.5. The van der Waals surface area contributed by atoms with E-state index in [1.54, 1.807) is 0 Å². The van der Waals surface area contributed by atoms with Crippen molar-refractivity contribution in [1.29, 1.82) is 0 Å². The highest BCUT2D eigenvalue weighted by molar-refractivity contribution is 7.71. The molecule has 0 saturated heterocycles. The number of halogens is 2. The molecule has 1 heterocycles. The molecule has 0 fully saturated rings. The Balaban J connectivity index is 1.94. The molecule has 1 unspecified atom stereocenters. The van der Waals surface area contributed by atoms with Crippen molar-refractivity contribution in [2.24, 2.45) is 5.92 Å². The van der Waals surface area contributed by atoms with Gasteiger partial charge in [-0.2, -0.15) is 0 Å². The topological polar surface area (TPSA) is 31.6 Å². The number of hydrogen-bond acceptors (Lipinski definition) is 1. The van der Waals surface area contributed by atoms with Gasteiger partial charge < -0.3 is 9.97 Å². The molecule has 0 radical (unpaired) electrons. The molecule has 3 rings (SSSR count). The summed E-state index contributed by atoms with van der Waals surface area (Å²) in [6.07, 6.45) is 4.60. The Hall–Kier alpha value is -1.75. The molecule has 1 aromatic carbocycles. The molecule has 21 heavy (non-hydrogen) atoms. The van der Waals surface area contributed by atoms with Crippen molar-refractivity contribution in [2.45, 2.75) is 26.2 Å². The number of benzene rings is 1. The van der Waals surface area contributed by atoms with Gasteiger partial charge in [0.1, 0.15) is 11.6 Å². The van der Waals surface area contributed by atoms with Crippen LogP contribution < -0.4 is 0 Å². The standard InChI is InChI=1S/C16H16F2N2S/c1-9-2-3-10(6-14-8-19-16(21)20-14)15(9)11-4-12(17)7-13(18)5-11/h4-5,7-8,10H,2-3,6H2,1H3,(H2,19,20,21). The lowest BCUT2D eigenvalue weighted by atomic mass is 9.90. The largest absolute Gasteiger partial charge is 0.337 e. The summed E-state index contributed by atoms with van der Waals surface area (Å²) in [5, 5.41) is 0. The molecule has 0 spiro atoms. The van der Waals surface area contributed by atoms with E-state index >= 15 is 0 Å². The number of nitrogens with one attached hydrogen (secondary N) is 2. The molecular formula is C16H16F2N2S. The fourth-order valence-corrected chi connectivity index (χ4v) is 3.35. The molecule has 2 aromatic rings. The molecule has 0 aliphatic heterocycles. The molecule has 1 aliphatic rings. The lowest BCUT2D eigenvalue weighted by Gasteiger charge is -2.15. The molecule has 0 saturated carbocycles. The van der Waals surface area contributed by atoms with Crippen LogP contribution in [0.2, 0.25) is 0 Å². The van der Waals surface area contributed by atoms with Crippen molar-refractivity contribution in [3.63, 3.8) is 0 Å². The molecule has 5 heteroatoms. The molecule has 110 valence electrons. The molecule has 1 atom stereocenters. The smallest absolute Gasteiger partial charge is 0.174 e. The predicted molar refractivity (Wildman–Crippen MR) is 81.4 cm³/mol. The first-order chi connectivity index (χ1) is 10.0. The van der Waals surface area contributed by atoms with Crippen molar-refractivity contribution in [2.75, 3.05) is 0 Å². The Morgan fingerprint density at radius 3 is 2.57 bits per heavy atom. The summed E-state index contributed by atoms with van der Waals surface area (Å²) >= 11 is 5.03. The van der Waals surface area contributed by atoms with Crippen molar-refractivity contribution in [1.82, 2.24) is 9.97 Å². The van der Waals surface area contributed by atoms with Gasteiger partial charge in [-0.05, 0) is 67.6 Å². The third-order valence-corrected chi connectivity index (χ3v) is 4.25. The van der Waals surface area contributed by atoms with Crippen LogP contribution in [0, 0.1) is 22.3 Å². The summed E-state index contributed by atoms with van der Waals surface area (Å²) < 4.78 is 27.6. The summed E-state index contributed by atoms with van der Waals surface area (Å²) in [5.74, 6) is -0.804. The SMILES string of the molecule is CC1=C(c2cc(F)cc(F)c2)C(Cc2c[nH]c(=S)[nH]2)CC1. The normalized spacial score (nSPS) is 18.5. The average Bonchev–Trinajstić information content (AvgIpc) is 2.95. The van der Waals surface area contributed by atoms with Gasteiger partial charge in [-0.15, -0.1) is 0 Å². The third-order valence-electron chi connectivity index (χ3n) is 4.03. The Labute approximate surface area is 126 Å². The lowest BCUT2D eigenvalue weighted by Crippen LogP contribution is -2.05. The van der Waals surface area contributed by atoms with E-state index in [-0.39, 0.29) is 5.92 Å². The third kappa shape index (κ3) is 2.97. The van der Waals surface area contributed by atoms with Crippen molar-refractivity contribution in [3.8, 4) is 0 Å². The van der Waals surface area contributed by atoms with Gasteiger partial charge in [-0.3, -0.25) is 0 Å². The Bertz CT molecular complexity index is 737. The van der Waals surface area contributed by atoms with Gasteiger partial charge in [0, 0.05) is 18.0 Å².